The fraction of sp³-hybridized carbons (Fsp3) is 0.0682. The second-order valence-corrected chi connectivity index (χ2v) is 12.9. The zero-order valence-electron chi connectivity index (χ0n) is 26.7. The first-order valence-electron chi connectivity index (χ1n) is 16.7. The van der Waals surface area contributed by atoms with Crippen molar-refractivity contribution < 1.29 is 8.83 Å². The minimum absolute atomic E-state index is 0.466. The lowest BCUT2D eigenvalue weighted by Gasteiger charge is -2.16. The molecule has 0 spiro atoms. The van der Waals surface area contributed by atoms with E-state index in [1.807, 2.05) is 42.5 Å². The van der Waals surface area contributed by atoms with Gasteiger partial charge < -0.3 is 8.83 Å². The molecule has 3 aromatic heterocycles. The summed E-state index contributed by atoms with van der Waals surface area (Å²) in [6.07, 6.45) is 7.62. The van der Waals surface area contributed by atoms with Crippen LogP contribution in [0.1, 0.15) is 18.9 Å². The monoisotopic (exact) mass is 631 g/mol. The number of hydrogen-bond acceptors (Lipinski definition) is 5. The molecule has 5 nitrogen and oxygen atoms in total. The van der Waals surface area contributed by atoms with E-state index in [1.165, 1.54) is 16.5 Å². The molecule has 1 atom stereocenters. The van der Waals surface area contributed by atoms with Crippen molar-refractivity contribution in [3.63, 3.8) is 0 Å². The van der Waals surface area contributed by atoms with Gasteiger partial charge >= 0.3 is 0 Å². The minimum Gasteiger partial charge on any atom is -0.456 e. The van der Waals surface area contributed by atoms with Crippen LogP contribution in [0.5, 0.6) is 0 Å². The van der Waals surface area contributed by atoms with Crippen LogP contribution in [-0.2, 0) is 0 Å². The van der Waals surface area contributed by atoms with Crippen molar-refractivity contribution in [2.45, 2.75) is 13.3 Å². The third kappa shape index (κ3) is 4.58. The SMILES string of the molecule is CC1C=CC=C(c2cccc3oc4cccc(-c5nc(-c6ccc7ccccc7c6)nc(-c6ccc7oc8ccccc8c7c6)n5)c4c23)C1. The van der Waals surface area contributed by atoms with Crippen LogP contribution in [0, 0.1) is 5.92 Å². The predicted octanol–water partition coefficient (Wildman–Crippen LogP) is 11.8. The van der Waals surface area contributed by atoms with Gasteiger partial charge in [0, 0.05) is 38.2 Å². The molecule has 0 radical (unpaired) electrons. The molecule has 0 bridgehead atoms. The van der Waals surface area contributed by atoms with Crippen LogP contribution in [0.3, 0.4) is 0 Å². The summed E-state index contributed by atoms with van der Waals surface area (Å²) in [5, 5.41) is 6.48. The summed E-state index contributed by atoms with van der Waals surface area (Å²) in [6.45, 7) is 2.26. The number of allylic oxidation sites excluding steroid dienone is 4. The summed E-state index contributed by atoms with van der Waals surface area (Å²) in [6, 6.07) is 41.5. The maximum absolute atomic E-state index is 6.50. The number of rotatable bonds is 4. The Bertz CT molecular complexity index is 2840. The molecule has 232 valence electrons. The van der Waals surface area contributed by atoms with Crippen molar-refractivity contribution in [2.24, 2.45) is 5.92 Å². The standard InChI is InChI=1S/C44H29N3O2/c1-26-9-6-12-29(23-26)32-14-7-17-38-40(32)41-34(15-8-18-39(41)49-38)44-46-42(30-20-19-27-10-2-3-11-28(27)24-30)45-43(47-44)31-21-22-37-35(25-31)33-13-4-5-16-36(33)48-37/h2-22,24-26H,23H2,1H3. The number of aromatic nitrogens is 3. The Morgan fingerprint density at radius 3 is 2.00 bits per heavy atom. The molecule has 1 aliphatic rings. The van der Waals surface area contributed by atoms with Gasteiger partial charge in [0.1, 0.15) is 22.3 Å². The van der Waals surface area contributed by atoms with Gasteiger partial charge in [0.05, 0.1) is 0 Å². The van der Waals surface area contributed by atoms with Gasteiger partial charge in [-0.25, -0.2) is 15.0 Å². The highest BCUT2D eigenvalue weighted by molar-refractivity contribution is 6.16. The minimum atomic E-state index is 0.466. The van der Waals surface area contributed by atoms with E-state index in [9.17, 15) is 0 Å². The van der Waals surface area contributed by atoms with Gasteiger partial charge in [-0.2, -0.15) is 0 Å². The maximum Gasteiger partial charge on any atom is 0.164 e. The van der Waals surface area contributed by atoms with E-state index in [2.05, 4.69) is 104 Å². The molecule has 5 heteroatoms. The molecular formula is C44H29N3O2. The van der Waals surface area contributed by atoms with E-state index in [4.69, 9.17) is 23.8 Å². The maximum atomic E-state index is 6.50. The lowest BCUT2D eigenvalue weighted by Crippen LogP contribution is -2.01. The van der Waals surface area contributed by atoms with Crippen LogP contribution in [0.15, 0.2) is 148 Å². The Labute approximate surface area is 281 Å². The van der Waals surface area contributed by atoms with Crippen molar-refractivity contribution in [3.8, 4) is 34.2 Å². The molecule has 1 aliphatic carbocycles. The molecule has 6 aromatic carbocycles. The van der Waals surface area contributed by atoms with E-state index in [0.717, 1.165) is 72.4 Å². The summed E-state index contributed by atoms with van der Waals surface area (Å²) in [4.78, 5) is 15.5. The van der Waals surface area contributed by atoms with E-state index < -0.39 is 0 Å². The van der Waals surface area contributed by atoms with Crippen LogP contribution in [-0.4, -0.2) is 15.0 Å². The van der Waals surface area contributed by atoms with Crippen molar-refractivity contribution in [3.05, 3.63) is 145 Å². The van der Waals surface area contributed by atoms with Gasteiger partial charge in [0.2, 0.25) is 0 Å². The molecule has 10 rings (SSSR count). The van der Waals surface area contributed by atoms with E-state index in [1.54, 1.807) is 0 Å². The fourth-order valence-electron chi connectivity index (χ4n) is 7.31. The van der Waals surface area contributed by atoms with E-state index >= 15 is 0 Å². The van der Waals surface area contributed by atoms with E-state index in [-0.39, 0.29) is 0 Å². The number of furan rings is 2. The van der Waals surface area contributed by atoms with Crippen molar-refractivity contribution in [1.29, 1.82) is 0 Å². The average molecular weight is 632 g/mol. The van der Waals surface area contributed by atoms with Gasteiger partial charge in [0.25, 0.3) is 0 Å². The zero-order valence-corrected chi connectivity index (χ0v) is 26.7. The van der Waals surface area contributed by atoms with Gasteiger partial charge in [-0.05, 0) is 76.7 Å². The average Bonchev–Trinajstić information content (AvgIpc) is 3.72. The molecule has 3 heterocycles. The Morgan fingerprint density at radius 2 is 1.16 bits per heavy atom. The third-order valence-electron chi connectivity index (χ3n) is 9.67. The molecule has 0 fully saturated rings. The first-order valence-corrected chi connectivity index (χ1v) is 16.7. The smallest absolute Gasteiger partial charge is 0.164 e. The van der Waals surface area contributed by atoms with Crippen molar-refractivity contribution >= 4 is 60.2 Å². The molecule has 0 aliphatic heterocycles. The van der Waals surface area contributed by atoms with Gasteiger partial charge in [-0.15, -0.1) is 0 Å². The predicted molar refractivity (Wildman–Crippen MR) is 199 cm³/mol. The van der Waals surface area contributed by atoms with Crippen LogP contribution in [0.25, 0.3) is 94.4 Å². The molecule has 0 saturated carbocycles. The van der Waals surface area contributed by atoms with Gasteiger partial charge in [0.15, 0.2) is 17.5 Å². The van der Waals surface area contributed by atoms with Crippen molar-refractivity contribution in [1.82, 2.24) is 15.0 Å². The zero-order chi connectivity index (χ0) is 32.5. The molecule has 0 amide bonds. The molecular weight excluding hydrogens is 603 g/mol. The Balaban J connectivity index is 1.24. The number of para-hydroxylation sites is 1. The lowest BCUT2D eigenvalue weighted by molar-refractivity contribution is 0.668. The Hall–Kier alpha value is -6.33. The first kappa shape index (κ1) is 27.8. The first-order chi connectivity index (χ1) is 24.2. The summed E-state index contributed by atoms with van der Waals surface area (Å²) < 4.78 is 12.7. The summed E-state index contributed by atoms with van der Waals surface area (Å²) >= 11 is 0. The number of hydrogen-bond donors (Lipinski definition) is 0. The summed E-state index contributed by atoms with van der Waals surface area (Å²) in [5.41, 5.74) is 8.55. The van der Waals surface area contributed by atoms with Gasteiger partial charge in [-0.1, -0.05) is 104 Å². The second kappa shape index (κ2) is 10.9. The quantitative estimate of drug-likeness (QED) is 0.193. The molecule has 9 aromatic rings. The van der Waals surface area contributed by atoms with Gasteiger partial charge in [-0.3, -0.25) is 0 Å². The number of fused-ring (bicyclic) bond motifs is 7. The van der Waals surface area contributed by atoms with Crippen LogP contribution >= 0.6 is 0 Å². The van der Waals surface area contributed by atoms with Crippen LogP contribution in [0.2, 0.25) is 0 Å². The molecule has 49 heavy (non-hydrogen) atoms. The van der Waals surface area contributed by atoms with Crippen LogP contribution < -0.4 is 0 Å². The lowest BCUT2D eigenvalue weighted by atomic mass is 9.88. The topological polar surface area (TPSA) is 65.0 Å². The summed E-state index contributed by atoms with van der Waals surface area (Å²) in [7, 11) is 0. The van der Waals surface area contributed by atoms with Crippen LogP contribution in [0.4, 0.5) is 0 Å². The fourth-order valence-corrected chi connectivity index (χ4v) is 7.31. The second-order valence-electron chi connectivity index (χ2n) is 12.9. The Kier molecular flexibility index (Phi) is 6.15. The third-order valence-corrected chi connectivity index (χ3v) is 9.67. The summed E-state index contributed by atoms with van der Waals surface area (Å²) in [5.74, 6) is 2.27. The molecule has 0 saturated heterocycles. The number of nitrogens with zero attached hydrogens (tertiary/aromatic N) is 3. The highest BCUT2D eigenvalue weighted by atomic mass is 16.3. The molecule has 1 unspecified atom stereocenters. The Morgan fingerprint density at radius 1 is 0.531 bits per heavy atom. The highest BCUT2D eigenvalue weighted by Gasteiger charge is 2.22. The van der Waals surface area contributed by atoms with E-state index in [0.29, 0.717) is 23.4 Å². The molecule has 0 N–H and O–H groups in total. The highest BCUT2D eigenvalue weighted by Crippen LogP contribution is 2.42. The largest absolute Gasteiger partial charge is 0.456 e. The van der Waals surface area contributed by atoms with Crippen molar-refractivity contribution in [2.75, 3.05) is 0 Å². The number of benzene rings is 6. The normalized spacial score (nSPS) is 14.8.